The SMILES string of the molecule is COC(=O)CN1C(=O)S/C(=C/c2cc(C)n(-c3cccc(C(=O)OC)c3)c2C)C1=O. The Hall–Kier alpha value is -3.33. The molecule has 0 spiro atoms. The fourth-order valence-electron chi connectivity index (χ4n) is 3.19. The molecular weight excluding hydrogens is 408 g/mol. The highest BCUT2D eigenvalue weighted by atomic mass is 32.2. The predicted molar refractivity (Wildman–Crippen MR) is 111 cm³/mol. The molecule has 1 aromatic carbocycles. The van der Waals surface area contributed by atoms with Gasteiger partial charge in [-0.15, -0.1) is 0 Å². The molecule has 3 rings (SSSR count). The van der Waals surface area contributed by atoms with Gasteiger partial charge in [-0.25, -0.2) is 4.79 Å². The van der Waals surface area contributed by atoms with E-state index in [1.807, 2.05) is 30.5 Å². The molecule has 1 saturated heterocycles. The molecule has 1 fully saturated rings. The van der Waals surface area contributed by atoms with Crippen LogP contribution in [0.3, 0.4) is 0 Å². The average Bonchev–Trinajstić information content (AvgIpc) is 3.16. The number of carbonyl (C=O) groups is 4. The third kappa shape index (κ3) is 4.02. The Bertz CT molecular complexity index is 1090. The van der Waals surface area contributed by atoms with E-state index < -0.39 is 29.6 Å². The molecule has 0 saturated carbocycles. The zero-order chi connectivity index (χ0) is 22.0. The second-order valence-corrected chi connectivity index (χ2v) is 7.54. The van der Waals surface area contributed by atoms with Crippen LogP contribution in [0.5, 0.6) is 0 Å². The first-order valence-electron chi connectivity index (χ1n) is 8.96. The first-order valence-corrected chi connectivity index (χ1v) is 9.78. The number of rotatable bonds is 5. The summed E-state index contributed by atoms with van der Waals surface area (Å²) >= 11 is 0.778. The minimum absolute atomic E-state index is 0.229. The Labute approximate surface area is 177 Å². The molecule has 0 bridgehead atoms. The molecule has 1 aliphatic heterocycles. The minimum Gasteiger partial charge on any atom is -0.468 e. The van der Waals surface area contributed by atoms with E-state index in [4.69, 9.17) is 4.74 Å². The standard InChI is InChI=1S/C21H20N2O6S/c1-12-8-15(10-17-19(25)22(21(27)30-17)11-18(24)28-3)13(2)23(12)16-7-5-6-14(9-16)20(26)29-4/h5-10H,11H2,1-4H3/b17-10+. The summed E-state index contributed by atoms with van der Waals surface area (Å²) in [5.74, 6) is -1.63. The molecule has 2 amide bonds. The van der Waals surface area contributed by atoms with E-state index in [0.717, 1.165) is 39.3 Å². The first-order chi connectivity index (χ1) is 14.3. The maximum Gasteiger partial charge on any atom is 0.337 e. The number of aryl methyl sites for hydroxylation is 1. The molecule has 0 aliphatic carbocycles. The van der Waals surface area contributed by atoms with Crippen molar-refractivity contribution < 1.29 is 28.7 Å². The number of hydrogen-bond donors (Lipinski definition) is 0. The summed E-state index contributed by atoms with van der Waals surface area (Å²) in [6.45, 7) is 3.36. The maximum atomic E-state index is 12.5. The fraction of sp³-hybridized carbons (Fsp3) is 0.238. The van der Waals surface area contributed by atoms with Crippen LogP contribution in [0.4, 0.5) is 4.79 Å². The highest BCUT2D eigenvalue weighted by Gasteiger charge is 2.36. The molecule has 8 nitrogen and oxygen atoms in total. The Morgan fingerprint density at radius 1 is 1.10 bits per heavy atom. The number of benzene rings is 1. The van der Waals surface area contributed by atoms with Crippen LogP contribution in [0, 0.1) is 13.8 Å². The van der Waals surface area contributed by atoms with Crippen molar-refractivity contribution in [1.82, 2.24) is 9.47 Å². The summed E-state index contributed by atoms with van der Waals surface area (Å²) in [5.41, 5.74) is 3.66. The minimum atomic E-state index is -0.665. The highest BCUT2D eigenvalue weighted by molar-refractivity contribution is 8.18. The summed E-state index contributed by atoms with van der Waals surface area (Å²) in [4.78, 5) is 49.0. The van der Waals surface area contributed by atoms with Gasteiger partial charge in [-0.1, -0.05) is 6.07 Å². The number of aromatic nitrogens is 1. The Morgan fingerprint density at radius 3 is 2.50 bits per heavy atom. The van der Waals surface area contributed by atoms with E-state index in [2.05, 4.69) is 4.74 Å². The third-order valence-corrected chi connectivity index (χ3v) is 5.58. The lowest BCUT2D eigenvalue weighted by molar-refractivity contribution is -0.143. The Balaban J connectivity index is 1.95. The van der Waals surface area contributed by atoms with Crippen molar-refractivity contribution in [2.45, 2.75) is 13.8 Å². The van der Waals surface area contributed by atoms with Gasteiger partial charge in [0.1, 0.15) is 6.54 Å². The van der Waals surface area contributed by atoms with Gasteiger partial charge in [-0.05, 0) is 61.5 Å². The number of amides is 2. The van der Waals surface area contributed by atoms with Crippen LogP contribution in [0.1, 0.15) is 27.3 Å². The summed E-state index contributed by atoms with van der Waals surface area (Å²) in [6, 6.07) is 8.90. The van der Waals surface area contributed by atoms with E-state index in [-0.39, 0.29) is 4.91 Å². The molecule has 0 radical (unpaired) electrons. The largest absolute Gasteiger partial charge is 0.468 e. The first kappa shape index (κ1) is 21.4. The van der Waals surface area contributed by atoms with E-state index in [1.165, 1.54) is 14.2 Å². The summed E-state index contributed by atoms with van der Waals surface area (Å²) < 4.78 is 11.3. The molecule has 0 unspecified atom stereocenters. The van der Waals surface area contributed by atoms with Gasteiger partial charge in [0.05, 0.1) is 24.7 Å². The molecule has 156 valence electrons. The monoisotopic (exact) mass is 428 g/mol. The topological polar surface area (TPSA) is 94.9 Å². The van der Waals surface area contributed by atoms with Crippen LogP contribution < -0.4 is 0 Å². The number of nitrogens with zero attached hydrogens (tertiary/aromatic N) is 2. The van der Waals surface area contributed by atoms with Crippen LogP contribution in [-0.2, 0) is 19.1 Å². The molecule has 1 aromatic heterocycles. The third-order valence-electron chi connectivity index (χ3n) is 4.67. The Kier molecular flexibility index (Phi) is 6.12. The predicted octanol–water partition coefficient (Wildman–Crippen LogP) is 3.09. The lowest BCUT2D eigenvalue weighted by atomic mass is 10.2. The van der Waals surface area contributed by atoms with Crippen LogP contribution >= 0.6 is 11.8 Å². The normalized spacial score (nSPS) is 15.1. The van der Waals surface area contributed by atoms with Crippen molar-refractivity contribution in [2.24, 2.45) is 0 Å². The summed E-state index contributed by atoms with van der Waals surface area (Å²) in [7, 11) is 2.52. The molecule has 0 atom stereocenters. The van der Waals surface area contributed by atoms with Gasteiger partial charge in [0.15, 0.2) is 0 Å². The van der Waals surface area contributed by atoms with Crippen LogP contribution in [-0.4, -0.2) is 53.3 Å². The number of ether oxygens (including phenoxy) is 2. The number of thioether (sulfide) groups is 1. The van der Waals surface area contributed by atoms with E-state index in [0.29, 0.717) is 5.56 Å². The fourth-order valence-corrected chi connectivity index (χ4v) is 4.02. The molecule has 9 heteroatoms. The quantitative estimate of drug-likeness (QED) is 0.533. The van der Waals surface area contributed by atoms with Crippen LogP contribution in [0.15, 0.2) is 35.2 Å². The van der Waals surface area contributed by atoms with Gasteiger partial charge in [0.2, 0.25) is 0 Å². The zero-order valence-electron chi connectivity index (χ0n) is 16.9. The number of esters is 2. The van der Waals surface area contributed by atoms with Crippen molar-refractivity contribution in [3.05, 3.63) is 57.8 Å². The van der Waals surface area contributed by atoms with Crippen molar-refractivity contribution >= 4 is 40.9 Å². The van der Waals surface area contributed by atoms with E-state index >= 15 is 0 Å². The van der Waals surface area contributed by atoms with Crippen LogP contribution in [0.25, 0.3) is 11.8 Å². The van der Waals surface area contributed by atoms with Gasteiger partial charge in [0.25, 0.3) is 11.1 Å². The van der Waals surface area contributed by atoms with Gasteiger partial charge >= 0.3 is 11.9 Å². The van der Waals surface area contributed by atoms with Crippen molar-refractivity contribution in [2.75, 3.05) is 20.8 Å². The van der Waals surface area contributed by atoms with E-state index in [9.17, 15) is 19.2 Å². The molecular formula is C21H20N2O6S. The lowest BCUT2D eigenvalue weighted by Crippen LogP contribution is -2.34. The van der Waals surface area contributed by atoms with Gasteiger partial charge < -0.3 is 14.0 Å². The zero-order valence-corrected chi connectivity index (χ0v) is 17.7. The van der Waals surface area contributed by atoms with Gasteiger partial charge in [0, 0.05) is 17.1 Å². The number of hydrogen-bond acceptors (Lipinski definition) is 7. The van der Waals surface area contributed by atoms with Crippen molar-refractivity contribution in [3.63, 3.8) is 0 Å². The highest BCUT2D eigenvalue weighted by Crippen LogP contribution is 2.33. The molecule has 30 heavy (non-hydrogen) atoms. The van der Waals surface area contributed by atoms with Gasteiger partial charge in [-0.3, -0.25) is 19.3 Å². The maximum absolute atomic E-state index is 12.5. The van der Waals surface area contributed by atoms with Crippen molar-refractivity contribution in [3.8, 4) is 5.69 Å². The lowest BCUT2D eigenvalue weighted by Gasteiger charge is -2.11. The average molecular weight is 428 g/mol. The molecule has 0 N–H and O–H groups in total. The smallest absolute Gasteiger partial charge is 0.337 e. The number of carbonyl (C=O) groups excluding carboxylic acids is 4. The molecule has 2 aromatic rings. The van der Waals surface area contributed by atoms with Gasteiger partial charge in [-0.2, -0.15) is 0 Å². The van der Waals surface area contributed by atoms with E-state index in [1.54, 1.807) is 24.3 Å². The van der Waals surface area contributed by atoms with Crippen LogP contribution in [0.2, 0.25) is 0 Å². The summed E-state index contributed by atoms with van der Waals surface area (Å²) in [5, 5.41) is -0.517. The second kappa shape index (κ2) is 8.58. The number of methoxy groups -OCH3 is 2. The van der Waals surface area contributed by atoms with Crippen molar-refractivity contribution in [1.29, 1.82) is 0 Å². The molecule has 2 heterocycles. The summed E-state index contributed by atoms with van der Waals surface area (Å²) in [6.07, 6.45) is 1.63. The Morgan fingerprint density at radius 2 is 1.83 bits per heavy atom. The number of imide groups is 1. The second-order valence-electron chi connectivity index (χ2n) is 6.55. The molecule has 1 aliphatic rings.